The number of hydrogen-bond acceptors (Lipinski definition) is 6. The van der Waals surface area contributed by atoms with Crippen LogP contribution < -0.4 is 10.0 Å². The van der Waals surface area contributed by atoms with Gasteiger partial charge in [-0.25, -0.2) is 0 Å². The topological polar surface area (TPSA) is 80.0 Å². The van der Waals surface area contributed by atoms with Gasteiger partial charge < -0.3 is 14.6 Å². The highest BCUT2D eigenvalue weighted by Gasteiger charge is 2.44. The molecule has 0 atom stereocenters. The molecule has 1 fully saturated rings. The second kappa shape index (κ2) is 8.52. The number of carbonyl (C=O) groups excluding carboxylic acids is 1. The van der Waals surface area contributed by atoms with Gasteiger partial charge in [0, 0.05) is 33.7 Å². The molecule has 7 heteroatoms. The molecule has 2 aromatic carbocycles. The largest absolute Gasteiger partial charge is 0.339 e. The Labute approximate surface area is 181 Å². The molecule has 30 heavy (non-hydrogen) atoms. The van der Waals surface area contributed by atoms with E-state index in [-0.39, 0.29) is 11.3 Å². The Bertz CT molecular complexity index is 1030. The molecule has 1 saturated carbocycles. The molecular weight excluding hydrogens is 396 g/mol. The minimum absolute atomic E-state index is 0.104. The smallest absolute Gasteiger partial charge is 0.230 e. The van der Waals surface area contributed by atoms with Gasteiger partial charge in [-0.2, -0.15) is 4.98 Å². The standard InChI is InChI=1S/C23H26N4O2S/c1-15(2)13-20-25-21(26-29-20)16-5-4-6-19(14-16)30-27-18-9-7-17(8-10-18)24-22(28)23(3)11-12-23/h4-10,14-15,27H,11-13H2,1-3H3,(H,24,28). The molecule has 0 saturated heterocycles. The summed E-state index contributed by atoms with van der Waals surface area (Å²) in [5.74, 6) is 1.85. The van der Waals surface area contributed by atoms with Crippen molar-refractivity contribution in [2.24, 2.45) is 11.3 Å². The first-order valence-electron chi connectivity index (χ1n) is 10.2. The van der Waals surface area contributed by atoms with Crippen molar-refractivity contribution in [3.63, 3.8) is 0 Å². The summed E-state index contributed by atoms with van der Waals surface area (Å²) in [5, 5.41) is 7.09. The molecule has 0 aliphatic heterocycles. The molecule has 1 amide bonds. The van der Waals surface area contributed by atoms with Crippen LogP contribution in [0.15, 0.2) is 57.9 Å². The van der Waals surface area contributed by atoms with E-state index in [0.29, 0.717) is 17.6 Å². The number of benzene rings is 2. The maximum atomic E-state index is 12.1. The highest BCUT2D eigenvalue weighted by molar-refractivity contribution is 8.00. The summed E-state index contributed by atoms with van der Waals surface area (Å²) in [6.07, 6.45) is 2.72. The monoisotopic (exact) mass is 422 g/mol. The van der Waals surface area contributed by atoms with Crippen LogP contribution >= 0.6 is 11.9 Å². The molecule has 1 aromatic heterocycles. The Balaban J connectivity index is 1.35. The molecule has 1 aliphatic carbocycles. The SMILES string of the molecule is CC(C)Cc1nc(-c2cccc(SNc3ccc(NC(=O)C4(C)CC4)cc3)c2)no1. The summed E-state index contributed by atoms with van der Waals surface area (Å²) in [6, 6.07) is 15.8. The van der Waals surface area contributed by atoms with Crippen molar-refractivity contribution in [2.75, 3.05) is 10.0 Å². The molecule has 0 bridgehead atoms. The van der Waals surface area contributed by atoms with E-state index < -0.39 is 0 Å². The summed E-state index contributed by atoms with van der Waals surface area (Å²) in [7, 11) is 0. The normalized spacial score (nSPS) is 14.5. The molecule has 4 rings (SSSR count). The number of carbonyl (C=O) groups is 1. The van der Waals surface area contributed by atoms with Crippen LogP contribution in [0.3, 0.4) is 0 Å². The van der Waals surface area contributed by atoms with Gasteiger partial charge in [-0.1, -0.05) is 38.1 Å². The average molecular weight is 423 g/mol. The van der Waals surface area contributed by atoms with Crippen LogP contribution in [-0.2, 0) is 11.2 Å². The van der Waals surface area contributed by atoms with Crippen LogP contribution in [0.4, 0.5) is 11.4 Å². The van der Waals surface area contributed by atoms with Crippen molar-refractivity contribution in [3.05, 3.63) is 54.4 Å². The molecule has 6 nitrogen and oxygen atoms in total. The number of rotatable bonds is 8. The lowest BCUT2D eigenvalue weighted by atomic mass is 10.1. The summed E-state index contributed by atoms with van der Waals surface area (Å²) < 4.78 is 8.68. The number of aromatic nitrogens is 2. The molecule has 0 unspecified atom stereocenters. The van der Waals surface area contributed by atoms with Gasteiger partial charge in [0.1, 0.15) is 0 Å². The number of amides is 1. The Hall–Kier alpha value is -2.80. The molecule has 156 valence electrons. The van der Waals surface area contributed by atoms with Crippen molar-refractivity contribution >= 4 is 29.2 Å². The third-order valence-corrected chi connectivity index (χ3v) is 5.95. The van der Waals surface area contributed by atoms with Gasteiger partial charge in [0.05, 0.1) is 0 Å². The summed E-state index contributed by atoms with van der Waals surface area (Å²) in [5.41, 5.74) is 2.53. The molecule has 0 spiro atoms. The van der Waals surface area contributed by atoms with Crippen molar-refractivity contribution in [2.45, 2.75) is 44.9 Å². The number of nitrogens with zero attached hydrogens (tertiary/aromatic N) is 2. The fourth-order valence-corrected chi connectivity index (χ4v) is 3.64. The summed E-state index contributed by atoms with van der Waals surface area (Å²) in [4.78, 5) is 17.7. The molecule has 2 N–H and O–H groups in total. The van der Waals surface area contributed by atoms with Crippen molar-refractivity contribution in [1.82, 2.24) is 10.1 Å². The fraction of sp³-hybridized carbons (Fsp3) is 0.348. The maximum absolute atomic E-state index is 12.1. The molecular formula is C23H26N4O2S. The molecule has 3 aromatic rings. The van der Waals surface area contributed by atoms with Crippen LogP contribution in [0.2, 0.25) is 0 Å². The van der Waals surface area contributed by atoms with Gasteiger partial charge in [-0.3, -0.25) is 4.79 Å². The van der Waals surface area contributed by atoms with Crippen molar-refractivity contribution < 1.29 is 9.32 Å². The lowest BCUT2D eigenvalue weighted by Crippen LogP contribution is -2.21. The van der Waals surface area contributed by atoms with E-state index in [4.69, 9.17) is 4.52 Å². The minimum atomic E-state index is -0.175. The highest BCUT2D eigenvalue weighted by atomic mass is 32.2. The lowest BCUT2D eigenvalue weighted by Gasteiger charge is -2.11. The van der Waals surface area contributed by atoms with Gasteiger partial charge >= 0.3 is 0 Å². The number of nitrogens with one attached hydrogen (secondary N) is 2. The van der Waals surface area contributed by atoms with E-state index in [2.05, 4.69) is 34.0 Å². The first-order chi connectivity index (χ1) is 14.4. The zero-order valence-corrected chi connectivity index (χ0v) is 18.3. The third kappa shape index (κ3) is 5.02. The lowest BCUT2D eigenvalue weighted by molar-refractivity contribution is -0.120. The van der Waals surface area contributed by atoms with Gasteiger partial charge in [-0.15, -0.1) is 0 Å². The Morgan fingerprint density at radius 1 is 1.17 bits per heavy atom. The zero-order valence-electron chi connectivity index (χ0n) is 17.4. The highest BCUT2D eigenvalue weighted by Crippen LogP contribution is 2.45. The van der Waals surface area contributed by atoms with Crippen LogP contribution in [0.5, 0.6) is 0 Å². The van der Waals surface area contributed by atoms with E-state index >= 15 is 0 Å². The minimum Gasteiger partial charge on any atom is -0.339 e. The Morgan fingerprint density at radius 2 is 1.90 bits per heavy atom. The van der Waals surface area contributed by atoms with Crippen LogP contribution in [-0.4, -0.2) is 16.0 Å². The first-order valence-corrected chi connectivity index (χ1v) is 11.0. The van der Waals surface area contributed by atoms with Crippen LogP contribution in [0, 0.1) is 11.3 Å². The summed E-state index contributed by atoms with van der Waals surface area (Å²) >= 11 is 1.51. The first kappa shape index (κ1) is 20.5. The van der Waals surface area contributed by atoms with Gasteiger partial charge in [-0.05, 0) is 67.1 Å². The quantitative estimate of drug-likeness (QED) is 0.447. The second-order valence-corrected chi connectivity index (χ2v) is 9.31. The predicted molar refractivity (Wildman–Crippen MR) is 120 cm³/mol. The van der Waals surface area contributed by atoms with Crippen molar-refractivity contribution in [1.29, 1.82) is 0 Å². The van der Waals surface area contributed by atoms with E-state index in [1.54, 1.807) is 0 Å². The number of hydrogen-bond donors (Lipinski definition) is 2. The van der Waals surface area contributed by atoms with Gasteiger partial charge in [0.15, 0.2) is 0 Å². The van der Waals surface area contributed by atoms with E-state index in [1.165, 1.54) is 11.9 Å². The second-order valence-electron chi connectivity index (χ2n) is 8.43. The fourth-order valence-electron chi connectivity index (χ4n) is 2.94. The Morgan fingerprint density at radius 3 is 2.60 bits per heavy atom. The van der Waals surface area contributed by atoms with Gasteiger partial charge in [0.2, 0.25) is 17.6 Å². The van der Waals surface area contributed by atoms with Crippen LogP contribution in [0.1, 0.15) is 39.5 Å². The van der Waals surface area contributed by atoms with Gasteiger partial charge in [0.25, 0.3) is 0 Å². The van der Waals surface area contributed by atoms with E-state index in [1.807, 2.05) is 55.5 Å². The van der Waals surface area contributed by atoms with E-state index in [0.717, 1.165) is 41.1 Å². The zero-order chi connectivity index (χ0) is 21.1. The molecule has 1 aliphatic rings. The van der Waals surface area contributed by atoms with E-state index in [9.17, 15) is 4.79 Å². The molecule has 0 radical (unpaired) electrons. The average Bonchev–Trinajstić information content (AvgIpc) is 3.32. The third-order valence-electron chi connectivity index (χ3n) is 5.12. The number of anilines is 2. The molecule has 1 heterocycles. The summed E-state index contributed by atoms with van der Waals surface area (Å²) in [6.45, 7) is 6.25. The maximum Gasteiger partial charge on any atom is 0.230 e. The Kier molecular flexibility index (Phi) is 5.81. The van der Waals surface area contributed by atoms with Crippen LogP contribution in [0.25, 0.3) is 11.4 Å². The van der Waals surface area contributed by atoms with Crippen molar-refractivity contribution in [3.8, 4) is 11.4 Å². The predicted octanol–water partition coefficient (Wildman–Crippen LogP) is 5.79.